The molecule has 0 aliphatic rings. The van der Waals surface area contributed by atoms with Crippen molar-refractivity contribution in [3.63, 3.8) is 0 Å². The summed E-state index contributed by atoms with van der Waals surface area (Å²) >= 11 is 5.24. The molecular formula is C11H10BrNS. The fourth-order valence-electron chi connectivity index (χ4n) is 1.29. The third-order valence-corrected chi connectivity index (χ3v) is 4.05. The molecule has 1 aromatic heterocycles. The predicted octanol–water partition coefficient (Wildman–Crippen LogP) is 3.64. The number of nitrogens with two attached hydrogens (primary N) is 1. The Kier molecular flexibility index (Phi) is 3.01. The average molecular weight is 268 g/mol. The first-order valence-electron chi connectivity index (χ1n) is 4.35. The van der Waals surface area contributed by atoms with E-state index in [1.165, 1.54) is 16.0 Å². The molecule has 0 aliphatic carbocycles. The van der Waals surface area contributed by atoms with Gasteiger partial charge in [0.05, 0.1) is 3.79 Å². The second kappa shape index (κ2) is 4.26. The first-order valence-corrected chi connectivity index (χ1v) is 5.96. The van der Waals surface area contributed by atoms with Crippen molar-refractivity contribution >= 4 is 27.3 Å². The van der Waals surface area contributed by atoms with E-state index in [1.807, 2.05) is 18.2 Å². The van der Waals surface area contributed by atoms with Crippen LogP contribution >= 0.6 is 27.3 Å². The minimum Gasteiger partial charge on any atom is -0.326 e. The summed E-state index contributed by atoms with van der Waals surface area (Å²) in [5.74, 6) is 0. The van der Waals surface area contributed by atoms with Crippen LogP contribution in [0.5, 0.6) is 0 Å². The van der Waals surface area contributed by atoms with E-state index in [-0.39, 0.29) is 0 Å². The molecular weight excluding hydrogens is 258 g/mol. The lowest BCUT2D eigenvalue weighted by Crippen LogP contribution is -1.93. The zero-order valence-corrected chi connectivity index (χ0v) is 9.94. The third-order valence-electron chi connectivity index (χ3n) is 2.04. The van der Waals surface area contributed by atoms with Gasteiger partial charge in [-0.3, -0.25) is 0 Å². The molecule has 0 saturated carbocycles. The molecule has 0 radical (unpaired) electrons. The molecule has 0 fully saturated rings. The van der Waals surface area contributed by atoms with E-state index in [9.17, 15) is 0 Å². The van der Waals surface area contributed by atoms with Crippen molar-refractivity contribution in [1.82, 2.24) is 0 Å². The van der Waals surface area contributed by atoms with Crippen molar-refractivity contribution in [3.05, 3.63) is 45.7 Å². The van der Waals surface area contributed by atoms with Crippen LogP contribution in [0.1, 0.15) is 5.56 Å². The number of thiophene rings is 1. The first kappa shape index (κ1) is 9.90. The number of halogens is 1. The molecule has 1 heterocycles. The van der Waals surface area contributed by atoms with Gasteiger partial charge in [-0.1, -0.05) is 30.3 Å². The molecule has 0 bridgehead atoms. The van der Waals surface area contributed by atoms with Crippen LogP contribution in [0, 0.1) is 0 Å². The van der Waals surface area contributed by atoms with Crippen LogP contribution in [0.2, 0.25) is 0 Å². The summed E-state index contributed by atoms with van der Waals surface area (Å²) in [7, 11) is 0. The zero-order chi connectivity index (χ0) is 9.97. The van der Waals surface area contributed by atoms with Gasteiger partial charge < -0.3 is 5.73 Å². The molecule has 3 heteroatoms. The van der Waals surface area contributed by atoms with Crippen LogP contribution in [0.15, 0.2) is 40.2 Å². The van der Waals surface area contributed by atoms with Gasteiger partial charge in [0.25, 0.3) is 0 Å². The maximum atomic E-state index is 5.62. The van der Waals surface area contributed by atoms with E-state index in [4.69, 9.17) is 5.73 Å². The fraction of sp³-hybridized carbons (Fsp3) is 0.0909. The van der Waals surface area contributed by atoms with Crippen LogP contribution in [0.25, 0.3) is 10.4 Å². The molecule has 0 amide bonds. The van der Waals surface area contributed by atoms with Crippen LogP contribution in [0.4, 0.5) is 0 Å². The summed E-state index contributed by atoms with van der Waals surface area (Å²) in [6.45, 7) is 0.587. The minimum absolute atomic E-state index is 0.587. The molecule has 2 aromatic rings. The average Bonchev–Trinajstić information content (AvgIpc) is 2.61. The molecule has 0 atom stereocenters. The zero-order valence-electron chi connectivity index (χ0n) is 7.53. The fourth-order valence-corrected chi connectivity index (χ4v) is 3.01. The van der Waals surface area contributed by atoms with Crippen molar-refractivity contribution in [2.45, 2.75) is 6.54 Å². The van der Waals surface area contributed by atoms with Gasteiger partial charge in [-0.2, -0.15) is 0 Å². The van der Waals surface area contributed by atoms with Gasteiger partial charge in [-0.15, -0.1) is 11.3 Å². The molecule has 1 nitrogen and oxygen atoms in total. The Balaban J connectivity index is 2.43. The molecule has 2 rings (SSSR count). The van der Waals surface area contributed by atoms with Crippen molar-refractivity contribution in [2.24, 2.45) is 5.73 Å². The van der Waals surface area contributed by atoms with E-state index >= 15 is 0 Å². The Morgan fingerprint density at radius 3 is 2.50 bits per heavy atom. The highest BCUT2D eigenvalue weighted by Gasteiger charge is 2.06. The van der Waals surface area contributed by atoms with Crippen molar-refractivity contribution in [1.29, 1.82) is 0 Å². The van der Waals surface area contributed by atoms with Gasteiger partial charge in [0.2, 0.25) is 0 Å². The number of hydrogen-bond acceptors (Lipinski definition) is 2. The predicted molar refractivity (Wildman–Crippen MR) is 65.3 cm³/mol. The van der Waals surface area contributed by atoms with Gasteiger partial charge >= 0.3 is 0 Å². The van der Waals surface area contributed by atoms with E-state index < -0.39 is 0 Å². The monoisotopic (exact) mass is 267 g/mol. The second-order valence-corrected chi connectivity index (χ2v) is 5.35. The van der Waals surface area contributed by atoms with Gasteiger partial charge in [-0.05, 0) is 33.1 Å². The maximum Gasteiger partial charge on any atom is 0.0749 e. The standard InChI is InChI=1S/C11H10BrNS/c12-11-9(7-13)6-10(14-11)8-4-2-1-3-5-8/h1-6H,7,13H2. The topological polar surface area (TPSA) is 26.0 Å². The van der Waals surface area contributed by atoms with Crippen LogP contribution in [0.3, 0.4) is 0 Å². The normalized spacial score (nSPS) is 10.4. The number of benzene rings is 1. The number of hydrogen-bond donors (Lipinski definition) is 1. The van der Waals surface area contributed by atoms with Gasteiger partial charge in [0, 0.05) is 11.4 Å². The summed E-state index contributed by atoms with van der Waals surface area (Å²) in [5, 5.41) is 0. The Bertz CT molecular complexity index is 422. The summed E-state index contributed by atoms with van der Waals surface area (Å²) in [4.78, 5) is 1.26. The molecule has 0 spiro atoms. The summed E-state index contributed by atoms with van der Waals surface area (Å²) < 4.78 is 1.14. The lowest BCUT2D eigenvalue weighted by atomic mass is 10.2. The van der Waals surface area contributed by atoms with E-state index in [2.05, 4.69) is 34.1 Å². The van der Waals surface area contributed by atoms with Crippen LogP contribution in [-0.4, -0.2) is 0 Å². The highest BCUT2D eigenvalue weighted by molar-refractivity contribution is 9.11. The summed E-state index contributed by atoms with van der Waals surface area (Å²) in [6, 6.07) is 12.5. The Morgan fingerprint density at radius 2 is 1.93 bits per heavy atom. The van der Waals surface area contributed by atoms with E-state index in [0.717, 1.165) is 3.79 Å². The molecule has 72 valence electrons. The lowest BCUT2D eigenvalue weighted by molar-refractivity contribution is 1.08. The Labute approximate surface area is 95.7 Å². The highest BCUT2D eigenvalue weighted by Crippen LogP contribution is 2.34. The minimum atomic E-state index is 0.587. The van der Waals surface area contributed by atoms with Crippen molar-refractivity contribution in [3.8, 4) is 10.4 Å². The Hall–Kier alpha value is -0.640. The molecule has 2 N–H and O–H groups in total. The SMILES string of the molecule is NCc1cc(-c2ccccc2)sc1Br. The van der Waals surface area contributed by atoms with Crippen LogP contribution in [-0.2, 0) is 6.54 Å². The van der Waals surface area contributed by atoms with E-state index in [0.29, 0.717) is 6.54 Å². The Morgan fingerprint density at radius 1 is 1.21 bits per heavy atom. The number of rotatable bonds is 2. The van der Waals surface area contributed by atoms with Gasteiger partial charge in [0.1, 0.15) is 0 Å². The van der Waals surface area contributed by atoms with Gasteiger partial charge in [-0.25, -0.2) is 0 Å². The van der Waals surface area contributed by atoms with Crippen LogP contribution < -0.4 is 5.73 Å². The lowest BCUT2D eigenvalue weighted by Gasteiger charge is -1.93. The summed E-state index contributed by atoms with van der Waals surface area (Å²) in [5.41, 5.74) is 8.04. The molecule has 0 saturated heterocycles. The quantitative estimate of drug-likeness (QED) is 0.884. The largest absolute Gasteiger partial charge is 0.326 e. The highest BCUT2D eigenvalue weighted by atomic mass is 79.9. The molecule has 0 unspecified atom stereocenters. The van der Waals surface area contributed by atoms with Gasteiger partial charge in [0.15, 0.2) is 0 Å². The molecule has 1 aromatic carbocycles. The third kappa shape index (κ3) is 1.90. The molecule has 14 heavy (non-hydrogen) atoms. The smallest absolute Gasteiger partial charge is 0.0749 e. The first-order chi connectivity index (χ1) is 6.81. The summed E-state index contributed by atoms with van der Waals surface area (Å²) in [6.07, 6.45) is 0. The maximum absolute atomic E-state index is 5.62. The van der Waals surface area contributed by atoms with Crippen molar-refractivity contribution in [2.75, 3.05) is 0 Å². The second-order valence-electron chi connectivity index (χ2n) is 2.98. The van der Waals surface area contributed by atoms with Crippen molar-refractivity contribution < 1.29 is 0 Å². The molecule has 0 aliphatic heterocycles. The van der Waals surface area contributed by atoms with E-state index in [1.54, 1.807) is 11.3 Å².